The summed E-state index contributed by atoms with van der Waals surface area (Å²) < 4.78 is 18.9. The van der Waals surface area contributed by atoms with Gasteiger partial charge in [-0.25, -0.2) is 4.39 Å². The lowest BCUT2D eigenvalue weighted by molar-refractivity contribution is -0.140. The Morgan fingerprint density at radius 3 is 2.26 bits per heavy atom. The van der Waals surface area contributed by atoms with Gasteiger partial charge in [-0.3, -0.25) is 9.59 Å². The third kappa shape index (κ3) is 4.24. The van der Waals surface area contributed by atoms with Gasteiger partial charge in [-0.05, 0) is 48.0 Å². The SMILES string of the molecule is COc1ccccc1CN1C(=O)C(=O)/C(=C(\O)c2ccc(F)cc2)C1c1ccc(N(C)C)cc1. The summed E-state index contributed by atoms with van der Waals surface area (Å²) in [6.45, 7) is 0.106. The van der Waals surface area contributed by atoms with E-state index in [0.29, 0.717) is 11.3 Å². The number of Topliss-reactive ketones (excluding diaryl/α,β-unsaturated/α-hetero) is 1. The number of ether oxygens (including phenoxy) is 1. The molecule has 4 rings (SSSR count). The van der Waals surface area contributed by atoms with Crippen LogP contribution in [0, 0.1) is 5.82 Å². The number of para-hydroxylation sites is 1. The van der Waals surface area contributed by atoms with E-state index in [2.05, 4.69) is 0 Å². The summed E-state index contributed by atoms with van der Waals surface area (Å²) >= 11 is 0. The molecule has 174 valence electrons. The number of amides is 1. The molecule has 3 aromatic carbocycles. The number of carbonyl (C=O) groups excluding carboxylic acids is 2. The first-order chi connectivity index (χ1) is 16.3. The molecule has 0 radical (unpaired) electrons. The Hall–Kier alpha value is -4.13. The van der Waals surface area contributed by atoms with Crippen molar-refractivity contribution in [2.24, 2.45) is 0 Å². The molecule has 0 bridgehead atoms. The summed E-state index contributed by atoms with van der Waals surface area (Å²) in [5.41, 5.74) is 2.56. The maximum atomic E-state index is 13.4. The van der Waals surface area contributed by atoms with Gasteiger partial charge in [-0.1, -0.05) is 30.3 Å². The van der Waals surface area contributed by atoms with Crippen molar-refractivity contribution >= 4 is 23.1 Å². The standard InChI is InChI=1S/C27H25FN2O4/c1-29(2)21-14-10-17(11-15-21)24-23(25(31)18-8-12-20(28)13-9-18)26(32)27(33)30(24)16-19-6-4-5-7-22(19)34-3/h4-15,24,31H,16H2,1-3H3/b25-23-. The molecule has 7 heteroatoms. The Morgan fingerprint density at radius 2 is 1.65 bits per heavy atom. The lowest BCUT2D eigenvalue weighted by atomic mass is 9.95. The second-order valence-corrected chi connectivity index (χ2v) is 8.23. The zero-order valence-corrected chi connectivity index (χ0v) is 19.2. The molecule has 6 nitrogen and oxygen atoms in total. The number of halogens is 1. The van der Waals surface area contributed by atoms with E-state index in [1.807, 2.05) is 61.5 Å². The van der Waals surface area contributed by atoms with Crippen molar-refractivity contribution in [3.05, 3.63) is 101 Å². The topological polar surface area (TPSA) is 70.1 Å². The lowest BCUT2D eigenvalue weighted by Crippen LogP contribution is -2.29. The Kier molecular flexibility index (Phi) is 6.36. The predicted octanol–water partition coefficient (Wildman–Crippen LogP) is 4.52. The van der Waals surface area contributed by atoms with Gasteiger partial charge >= 0.3 is 0 Å². The average Bonchev–Trinajstić information content (AvgIpc) is 3.09. The van der Waals surface area contributed by atoms with E-state index >= 15 is 0 Å². The van der Waals surface area contributed by atoms with Crippen LogP contribution in [0.3, 0.4) is 0 Å². The Morgan fingerprint density at radius 1 is 1.00 bits per heavy atom. The molecular formula is C27H25FN2O4. The van der Waals surface area contributed by atoms with E-state index in [1.54, 1.807) is 13.2 Å². The number of aliphatic hydroxyl groups is 1. The third-order valence-corrected chi connectivity index (χ3v) is 5.92. The highest BCUT2D eigenvalue weighted by atomic mass is 19.1. The monoisotopic (exact) mass is 460 g/mol. The molecule has 0 aromatic heterocycles. The van der Waals surface area contributed by atoms with Crippen molar-refractivity contribution in [1.29, 1.82) is 0 Å². The molecule has 1 saturated heterocycles. The van der Waals surface area contributed by atoms with Gasteiger partial charge in [0.25, 0.3) is 11.7 Å². The van der Waals surface area contributed by atoms with E-state index < -0.39 is 23.5 Å². The van der Waals surface area contributed by atoms with Gasteiger partial charge in [0.05, 0.1) is 25.3 Å². The molecule has 1 aliphatic rings. The van der Waals surface area contributed by atoms with Crippen molar-refractivity contribution in [2.75, 3.05) is 26.1 Å². The molecule has 0 saturated carbocycles. The van der Waals surface area contributed by atoms with Crippen LogP contribution in [0.25, 0.3) is 5.76 Å². The molecule has 34 heavy (non-hydrogen) atoms. The number of benzene rings is 3. The Bertz CT molecular complexity index is 1250. The number of aliphatic hydroxyl groups excluding tert-OH is 1. The molecule has 1 amide bonds. The van der Waals surface area contributed by atoms with Crippen LogP contribution in [0.5, 0.6) is 5.75 Å². The Balaban J connectivity index is 1.86. The van der Waals surface area contributed by atoms with Gasteiger partial charge in [0.15, 0.2) is 0 Å². The molecule has 1 unspecified atom stereocenters. The average molecular weight is 461 g/mol. The summed E-state index contributed by atoms with van der Waals surface area (Å²) in [5, 5.41) is 11.1. The van der Waals surface area contributed by atoms with Crippen molar-refractivity contribution in [3.63, 3.8) is 0 Å². The zero-order valence-electron chi connectivity index (χ0n) is 19.2. The molecule has 1 N–H and O–H groups in total. The minimum Gasteiger partial charge on any atom is -0.507 e. The summed E-state index contributed by atoms with van der Waals surface area (Å²) in [7, 11) is 5.37. The highest BCUT2D eigenvalue weighted by Gasteiger charge is 2.46. The summed E-state index contributed by atoms with van der Waals surface area (Å²) in [6, 6.07) is 19.0. The molecule has 0 aliphatic carbocycles. The van der Waals surface area contributed by atoms with E-state index in [0.717, 1.165) is 11.3 Å². The molecule has 1 heterocycles. The van der Waals surface area contributed by atoms with Crippen LogP contribution >= 0.6 is 0 Å². The lowest BCUT2D eigenvalue weighted by Gasteiger charge is -2.26. The predicted molar refractivity (Wildman–Crippen MR) is 128 cm³/mol. The van der Waals surface area contributed by atoms with Gasteiger partial charge in [-0.2, -0.15) is 0 Å². The number of methoxy groups -OCH3 is 1. The maximum absolute atomic E-state index is 13.4. The van der Waals surface area contributed by atoms with Gasteiger partial charge in [0.2, 0.25) is 0 Å². The van der Waals surface area contributed by atoms with E-state index in [1.165, 1.54) is 29.2 Å². The number of anilines is 1. The van der Waals surface area contributed by atoms with Crippen molar-refractivity contribution < 1.29 is 23.8 Å². The van der Waals surface area contributed by atoms with Crippen LogP contribution in [0.15, 0.2) is 78.4 Å². The van der Waals surface area contributed by atoms with Crippen LogP contribution < -0.4 is 9.64 Å². The normalized spacial score (nSPS) is 17.2. The van der Waals surface area contributed by atoms with Gasteiger partial charge in [-0.15, -0.1) is 0 Å². The van der Waals surface area contributed by atoms with Crippen molar-refractivity contribution in [2.45, 2.75) is 12.6 Å². The molecule has 3 aromatic rings. The van der Waals surface area contributed by atoms with Crippen LogP contribution in [0.4, 0.5) is 10.1 Å². The summed E-state index contributed by atoms with van der Waals surface area (Å²) in [6.07, 6.45) is 0. The third-order valence-electron chi connectivity index (χ3n) is 5.92. The van der Waals surface area contributed by atoms with Crippen LogP contribution in [0.2, 0.25) is 0 Å². The summed E-state index contributed by atoms with van der Waals surface area (Å²) in [5.74, 6) is -1.74. The van der Waals surface area contributed by atoms with Crippen molar-refractivity contribution in [1.82, 2.24) is 4.90 Å². The Labute approximate surface area is 197 Å². The number of hydrogen-bond donors (Lipinski definition) is 1. The fourth-order valence-corrected chi connectivity index (χ4v) is 4.12. The number of carbonyl (C=O) groups is 2. The second-order valence-electron chi connectivity index (χ2n) is 8.23. The molecule has 1 aliphatic heterocycles. The number of nitrogens with zero attached hydrogens (tertiary/aromatic N) is 2. The molecule has 1 atom stereocenters. The number of hydrogen-bond acceptors (Lipinski definition) is 5. The highest BCUT2D eigenvalue weighted by molar-refractivity contribution is 6.46. The summed E-state index contributed by atoms with van der Waals surface area (Å²) in [4.78, 5) is 29.7. The number of ketones is 1. The molecule has 1 fully saturated rings. The van der Waals surface area contributed by atoms with E-state index in [4.69, 9.17) is 4.74 Å². The van der Waals surface area contributed by atoms with Gasteiger partial charge < -0.3 is 19.6 Å². The molecule has 0 spiro atoms. The van der Waals surface area contributed by atoms with Crippen LogP contribution in [0.1, 0.15) is 22.7 Å². The first kappa shape index (κ1) is 23.0. The maximum Gasteiger partial charge on any atom is 0.295 e. The first-order valence-electron chi connectivity index (χ1n) is 10.8. The van der Waals surface area contributed by atoms with Crippen LogP contribution in [-0.2, 0) is 16.1 Å². The van der Waals surface area contributed by atoms with Crippen LogP contribution in [-0.4, -0.2) is 42.9 Å². The number of rotatable bonds is 6. The quantitative estimate of drug-likeness (QED) is 0.333. The first-order valence-corrected chi connectivity index (χ1v) is 10.8. The van der Waals surface area contributed by atoms with E-state index in [9.17, 15) is 19.1 Å². The fraction of sp³-hybridized carbons (Fsp3) is 0.185. The minimum absolute atomic E-state index is 0.0379. The fourth-order valence-electron chi connectivity index (χ4n) is 4.12. The zero-order chi connectivity index (χ0) is 24.4. The minimum atomic E-state index is -0.828. The highest BCUT2D eigenvalue weighted by Crippen LogP contribution is 2.41. The second kappa shape index (κ2) is 9.39. The largest absolute Gasteiger partial charge is 0.507 e. The number of likely N-dealkylation sites (tertiary alicyclic amines) is 1. The van der Waals surface area contributed by atoms with E-state index in [-0.39, 0.29) is 23.4 Å². The molecular weight excluding hydrogens is 435 g/mol. The van der Waals surface area contributed by atoms with Crippen molar-refractivity contribution in [3.8, 4) is 5.75 Å². The smallest absolute Gasteiger partial charge is 0.295 e. The van der Waals surface area contributed by atoms with Gasteiger partial charge in [0.1, 0.15) is 17.3 Å². The van der Waals surface area contributed by atoms with Gasteiger partial charge in [0, 0.05) is 30.9 Å².